The van der Waals surface area contributed by atoms with Gasteiger partial charge in [0.05, 0.1) is 5.39 Å². The molecule has 31 heavy (non-hydrogen) atoms. The van der Waals surface area contributed by atoms with Gasteiger partial charge < -0.3 is 4.90 Å². The van der Waals surface area contributed by atoms with E-state index in [1.165, 1.54) is 64.0 Å². The second-order valence-corrected chi connectivity index (χ2v) is 9.86. The lowest BCUT2D eigenvalue weighted by molar-refractivity contribution is 0.696. The van der Waals surface area contributed by atoms with Gasteiger partial charge in [-0.25, -0.2) is 9.97 Å². The molecule has 0 amide bonds. The highest BCUT2D eigenvalue weighted by molar-refractivity contribution is 7.19. The van der Waals surface area contributed by atoms with E-state index in [2.05, 4.69) is 59.5 Å². The average molecular weight is 426 g/mol. The number of aromatic nitrogens is 2. The molecular weight excluding hydrogens is 398 g/mol. The number of aryl methyl sites for hydroxylation is 4. The van der Waals surface area contributed by atoms with E-state index in [9.17, 15) is 0 Å². The molecule has 3 heterocycles. The zero-order chi connectivity index (χ0) is 20.6. The summed E-state index contributed by atoms with van der Waals surface area (Å²) < 4.78 is 0. The Labute approximate surface area is 187 Å². The fourth-order valence-electron chi connectivity index (χ4n) is 5.10. The molecule has 4 aromatic rings. The first-order valence-corrected chi connectivity index (χ1v) is 12.3. The van der Waals surface area contributed by atoms with Gasteiger partial charge in [-0.2, -0.15) is 0 Å². The van der Waals surface area contributed by atoms with Crippen LogP contribution in [-0.2, 0) is 38.6 Å². The quantitative estimate of drug-likeness (QED) is 0.406. The summed E-state index contributed by atoms with van der Waals surface area (Å²) in [7, 11) is 0. The van der Waals surface area contributed by atoms with Gasteiger partial charge in [0.15, 0.2) is 0 Å². The maximum absolute atomic E-state index is 5.21. The van der Waals surface area contributed by atoms with Gasteiger partial charge in [0.1, 0.15) is 16.5 Å². The largest absolute Gasteiger partial charge is 0.351 e. The third-order valence-corrected chi connectivity index (χ3v) is 7.94. The van der Waals surface area contributed by atoms with Crippen LogP contribution >= 0.6 is 11.3 Å². The normalized spacial score (nSPS) is 15.7. The van der Waals surface area contributed by atoms with E-state index in [4.69, 9.17) is 9.97 Å². The fourth-order valence-corrected chi connectivity index (χ4v) is 6.37. The number of rotatable bonds is 4. The zero-order valence-corrected chi connectivity index (χ0v) is 18.6. The van der Waals surface area contributed by atoms with Gasteiger partial charge in [-0.05, 0) is 60.8 Å². The second kappa shape index (κ2) is 8.08. The molecule has 0 unspecified atom stereocenters. The molecule has 0 fully saturated rings. The topological polar surface area (TPSA) is 29.0 Å². The molecule has 2 aromatic carbocycles. The summed E-state index contributed by atoms with van der Waals surface area (Å²) in [6, 6.07) is 19.6. The van der Waals surface area contributed by atoms with Crippen LogP contribution in [0.15, 0.2) is 54.6 Å². The first kappa shape index (κ1) is 19.0. The predicted molar refractivity (Wildman–Crippen MR) is 129 cm³/mol. The highest BCUT2D eigenvalue weighted by atomic mass is 32.1. The maximum Gasteiger partial charge on any atom is 0.141 e. The Balaban J connectivity index is 1.41. The van der Waals surface area contributed by atoms with Crippen molar-refractivity contribution in [3.8, 4) is 0 Å². The predicted octanol–water partition coefficient (Wildman–Crippen LogP) is 5.92. The van der Waals surface area contributed by atoms with E-state index in [1.54, 1.807) is 4.88 Å². The molecule has 0 N–H and O–H groups in total. The van der Waals surface area contributed by atoms with Crippen LogP contribution in [0, 0.1) is 0 Å². The molecule has 1 aliphatic carbocycles. The van der Waals surface area contributed by atoms with Gasteiger partial charge in [0, 0.05) is 24.4 Å². The van der Waals surface area contributed by atoms with Crippen LogP contribution < -0.4 is 4.90 Å². The number of hydrogen-bond acceptors (Lipinski definition) is 4. The first-order valence-electron chi connectivity index (χ1n) is 11.5. The molecule has 0 bridgehead atoms. The summed E-state index contributed by atoms with van der Waals surface area (Å²) in [5, 5.41) is 1.35. The Kier molecular flexibility index (Phi) is 4.95. The van der Waals surface area contributed by atoms with Crippen molar-refractivity contribution in [1.82, 2.24) is 9.97 Å². The molecule has 2 aromatic heterocycles. The summed E-state index contributed by atoms with van der Waals surface area (Å²) in [6.07, 6.45) is 7.95. The SMILES string of the molecule is c1ccc(CCc2nc(N3CCc4ccccc4C3)c3c4c(sc3n2)CCCC4)cc1. The zero-order valence-electron chi connectivity index (χ0n) is 17.8. The average Bonchev–Trinajstić information content (AvgIpc) is 3.21. The van der Waals surface area contributed by atoms with Crippen LogP contribution in [0.25, 0.3) is 10.2 Å². The van der Waals surface area contributed by atoms with Gasteiger partial charge >= 0.3 is 0 Å². The second-order valence-electron chi connectivity index (χ2n) is 8.78. The summed E-state index contributed by atoms with van der Waals surface area (Å²) >= 11 is 1.92. The summed E-state index contributed by atoms with van der Waals surface area (Å²) in [5.41, 5.74) is 5.82. The molecule has 2 aliphatic rings. The van der Waals surface area contributed by atoms with Crippen molar-refractivity contribution in [3.63, 3.8) is 0 Å². The van der Waals surface area contributed by atoms with E-state index < -0.39 is 0 Å². The van der Waals surface area contributed by atoms with Crippen molar-refractivity contribution in [2.24, 2.45) is 0 Å². The Bertz CT molecular complexity index is 1230. The van der Waals surface area contributed by atoms with E-state index in [-0.39, 0.29) is 0 Å². The lowest BCUT2D eigenvalue weighted by atomic mass is 9.96. The minimum atomic E-state index is 0.889. The number of hydrogen-bond donors (Lipinski definition) is 0. The number of anilines is 1. The molecule has 3 nitrogen and oxygen atoms in total. The van der Waals surface area contributed by atoms with Gasteiger partial charge in [-0.3, -0.25) is 0 Å². The molecule has 0 atom stereocenters. The Morgan fingerprint density at radius 1 is 0.806 bits per heavy atom. The Hall–Kier alpha value is -2.72. The lowest BCUT2D eigenvalue weighted by Gasteiger charge is -2.31. The first-order chi connectivity index (χ1) is 15.3. The van der Waals surface area contributed by atoms with Crippen molar-refractivity contribution in [2.45, 2.75) is 51.5 Å². The standard InChI is InChI=1S/C27H27N3S/c1-2-8-19(9-3-1)14-15-24-28-26(30-17-16-20-10-4-5-11-21(20)18-30)25-22-12-6-7-13-23(22)31-27(25)29-24/h1-5,8-11H,6-7,12-18H2. The monoisotopic (exact) mass is 425 g/mol. The number of nitrogens with zero attached hydrogens (tertiary/aromatic N) is 3. The fraction of sp³-hybridized carbons (Fsp3) is 0.333. The summed E-state index contributed by atoms with van der Waals surface area (Å²) in [4.78, 5) is 15.6. The van der Waals surface area contributed by atoms with Crippen LogP contribution in [0.4, 0.5) is 5.82 Å². The van der Waals surface area contributed by atoms with Gasteiger partial charge in [-0.15, -0.1) is 11.3 Å². The van der Waals surface area contributed by atoms with Gasteiger partial charge in [0.25, 0.3) is 0 Å². The third kappa shape index (κ3) is 3.63. The van der Waals surface area contributed by atoms with Crippen LogP contribution in [0.2, 0.25) is 0 Å². The minimum absolute atomic E-state index is 0.889. The number of thiophene rings is 1. The maximum atomic E-state index is 5.21. The van der Waals surface area contributed by atoms with Crippen LogP contribution in [-0.4, -0.2) is 16.5 Å². The number of fused-ring (bicyclic) bond motifs is 4. The van der Waals surface area contributed by atoms with Crippen LogP contribution in [0.1, 0.15) is 45.8 Å². The van der Waals surface area contributed by atoms with E-state index in [0.717, 1.165) is 38.2 Å². The van der Waals surface area contributed by atoms with Crippen molar-refractivity contribution >= 4 is 27.4 Å². The molecule has 156 valence electrons. The third-order valence-electron chi connectivity index (χ3n) is 6.75. The molecule has 0 saturated carbocycles. The van der Waals surface area contributed by atoms with E-state index >= 15 is 0 Å². The van der Waals surface area contributed by atoms with Crippen molar-refractivity contribution in [3.05, 3.63) is 87.6 Å². The molecule has 1 aliphatic heterocycles. The smallest absolute Gasteiger partial charge is 0.141 e. The van der Waals surface area contributed by atoms with Crippen molar-refractivity contribution in [1.29, 1.82) is 0 Å². The Morgan fingerprint density at radius 2 is 1.61 bits per heavy atom. The highest BCUT2D eigenvalue weighted by Gasteiger charge is 2.25. The van der Waals surface area contributed by atoms with E-state index in [1.807, 2.05) is 11.3 Å². The Morgan fingerprint density at radius 3 is 2.52 bits per heavy atom. The molecule has 0 spiro atoms. The van der Waals surface area contributed by atoms with Gasteiger partial charge in [-0.1, -0.05) is 54.6 Å². The molecule has 0 saturated heterocycles. The van der Waals surface area contributed by atoms with Crippen molar-refractivity contribution < 1.29 is 0 Å². The summed E-state index contributed by atoms with van der Waals surface area (Å²) in [5.74, 6) is 2.17. The molecule has 6 rings (SSSR count). The van der Waals surface area contributed by atoms with Crippen LogP contribution in [0.5, 0.6) is 0 Å². The molecule has 0 radical (unpaired) electrons. The van der Waals surface area contributed by atoms with E-state index in [0.29, 0.717) is 0 Å². The van der Waals surface area contributed by atoms with Crippen molar-refractivity contribution in [2.75, 3.05) is 11.4 Å². The van der Waals surface area contributed by atoms with Gasteiger partial charge in [0.2, 0.25) is 0 Å². The number of benzene rings is 2. The molecule has 4 heteroatoms. The van der Waals surface area contributed by atoms with Crippen LogP contribution in [0.3, 0.4) is 0 Å². The minimum Gasteiger partial charge on any atom is -0.351 e. The lowest BCUT2D eigenvalue weighted by Crippen LogP contribution is -2.31. The summed E-state index contributed by atoms with van der Waals surface area (Å²) in [6.45, 7) is 1.98. The highest BCUT2D eigenvalue weighted by Crippen LogP contribution is 2.40. The molecular formula is C27H27N3S.